The number of sulfonamides is 1. The van der Waals surface area contributed by atoms with Crippen molar-refractivity contribution in [3.05, 3.63) is 28.5 Å². The SMILES string of the molecule is CCN(CC(C)C)C(=O)c1cc(S(N)(=O)=O)cc(F)c1Cl. The monoisotopic (exact) mass is 336 g/mol. The number of amides is 1. The van der Waals surface area contributed by atoms with E-state index < -0.39 is 31.7 Å². The van der Waals surface area contributed by atoms with E-state index in [1.165, 1.54) is 4.90 Å². The van der Waals surface area contributed by atoms with Gasteiger partial charge in [-0.25, -0.2) is 17.9 Å². The molecule has 1 rings (SSSR count). The second-order valence-corrected chi connectivity index (χ2v) is 6.99. The third kappa shape index (κ3) is 4.39. The van der Waals surface area contributed by atoms with Gasteiger partial charge in [0.15, 0.2) is 0 Å². The van der Waals surface area contributed by atoms with Crippen LogP contribution in [-0.2, 0) is 10.0 Å². The highest BCUT2D eigenvalue weighted by Crippen LogP contribution is 2.25. The first kappa shape index (κ1) is 17.9. The van der Waals surface area contributed by atoms with Crippen LogP contribution in [0.3, 0.4) is 0 Å². The van der Waals surface area contributed by atoms with Crippen molar-refractivity contribution >= 4 is 27.5 Å². The van der Waals surface area contributed by atoms with Gasteiger partial charge in [0.1, 0.15) is 5.82 Å². The van der Waals surface area contributed by atoms with Crippen molar-refractivity contribution in [1.29, 1.82) is 0 Å². The maximum Gasteiger partial charge on any atom is 0.255 e. The molecule has 1 amide bonds. The van der Waals surface area contributed by atoms with Gasteiger partial charge in [0.25, 0.3) is 5.91 Å². The Morgan fingerprint density at radius 2 is 2.00 bits per heavy atom. The predicted octanol–water partition coefficient (Wildman–Crippen LogP) is 2.24. The minimum atomic E-state index is -4.12. The highest BCUT2D eigenvalue weighted by Gasteiger charge is 2.23. The first-order chi connectivity index (χ1) is 9.57. The Hall–Kier alpha value is -1.18. The summed E-state index contributed by atoms with van der Waals surface area (Å²) in [6, 6.07) is 1.71. The molecule has 5 nitrogen and oxygen atoms in total. The van der Waals surface area contributed by atoms with Crippen molar-refractivity contribution in [3.63, 3.8) is 0 Å². The quantitative estimate of drug-likeness (QED) is 0.895. The number of nitrogens with two attached hydrogens (primary N) is 1. The molecule has 0 fully saturated rings. The third-order valence-electron chi connectivity index (χ3n) is 2.82. The van der Waals surface area contributed by atoms with E-state index >= 15 is 0 Å². The molecule has 1 aromatic carbocycles. The fraction of sp³-hybridized carbons (Fsp3) is 0.462. The summed E-state index contributed by atoms with van der Waals surface area (Å²) >= 11 is 5.79. The highest BCUT2D eigenvalue weighted by molar-refractivity contribution is 7.89. The van der Waals surface area contributed by atoms with Gasteiger partial charge in [0.2, 0.25) is 10.0 Å². The highest BCUT2D eigenvalue weighted by atomic mass is 35.5. The molecule has 0 atom stereocenters. The Bertz CT molecular complexity index is 647. The second-order valence-electron chi connectivity index (χ2n) is 5.05. The summed E-state index contributed by atoms with van der Waals surface area (Å²) in [5.74, 6) is -1.31. The smallest absolute Gasteiger partial charge is 0.255 e. The van der Waals surface area contributed by atoms with E-state index in [0.29, 0.717) is 19.2 Å². The molecule has 0 bridgehead atoms. The first-order valence-electron chi connectivity index (χ1n) is 6.39. The molecule has 0 saturated heterocycles. The molecule has 0 heterocycles. The van der Waals surface area contributed by atoms with Crippen LogP contribution in [0.15, 0.2) is 17.0 Å². The summed E-state index contributed by atoms with van der Waals surface area (Å²) < 4.78 is 36.4. The van der Waals surface area contributed by atoms with Crippen molar-refractivity contribution in [3.8, 4) is 0 Å². The molecule has 118 valence electrons. The van der Waals surface area contributed by atoms with E-state index in [1.54, 1.807) is 6.92 Å². The van der Waals surface area contributed by atoms with Gasteiger partial charge in [-0.15, -0.1) is 0 Å². The molecular weight excluding hydrogens is 319 g/mol. The Labute approximate surface area is 128 Å². The molecule has 2 N–H and O–H groups in total. The lowest BCUT2D eigenvalue weighted by atomic mass is 10.1. The number of carbonyl (C=O) groups excluding carboxylic acids is 1. The molecular formula is C13H18ClFN2O3S. The molecule has 0 radical (unpaired) electrons. The standard InChI is InChI=1S/C13H18ClFN2O3S/c1-4-17(7-8(2)3)13(18)10-5-9(21(16,19)20)6-11(15)12(10)14/h5-6,8H,4,7H2,1-3H3,(H2,16,19,20). The van der Waals surface area contributed by atoms with E-state index in [0.717, 1.165) is 6.07 Å². The molecule has 0 unspecified atom stereocenters. The molecule has 0 aliphatic rings. The average molecular weight is 337 g/mol. The summed E-state index contributed by atoms with van der Waals surface area (Å²) in [7, 11) is -4.12. The molecule has 0 aromatic heterocycles. The molecule has 0 aliphatic heterocycles. The summed E-state index contributed by atoms with van der Waals surface area (Å²) in [5, 5.41) is 4.56. The van der Waals surface area contributed by atoms with Crippen LogP contribution in [0.4, 0.5) is 4.39 Å². The van der Waals surface area contributed by atoms with Gasteiger partial charge in [-0.3, -0.25) is 4.79 Å². The molecule has 0 saturated carbocycles. The van der Waals surface area contributed by atoms with Crippen LogP contribution in [0.2, 0.25) is 5.02 Å². The van der Waals surface area contributed by atoms with Gasteiger partial charge in [0, 0.05) is 13.1 Å². The molecule has 21 heavy (non-hydrogen) atoms. The van der Waals surface area contributed by atoms with Crippen molar-refractivity contribution in [2.75, 3.05) is 13.1 Å². The Kier molecular flexibility index (Phi) is 5.72. The van der Waals surface area contributed by atoms with Crippen LogP contribution >= 0.6 is 11.6 Å². The van der Waals surface area contributed by atoms with E-state index in [1.807, 2.05) is 13.8 Å². The van der Waals surface area contributed by atoms with Crippen molar-refractivity contribution < 1.29 is 17.6 Å². The number of hydrogen-bond acceptors (Lipinski definition) is 3. The van der Waals surface area contributed by atoms with Crippen LogP contribution in [0, 0.1) is 11.7 Å². The van der Waals surface area contributed by atoms with E-state index in [-0.39, 0.29) is 11.5 Å². The van der Waals surface area contributed by atoms with Crippen LogP contribution in [0.25, 0.3) is 0 Å². The zero-order valence-electron chi connectivity index (χ0n) is 12.1. The average Bonchev–Trinajstić information content (AvgIpc) is 2.36. The predicted molar refractivity (Wildman–Crippen MR) is 79.2 cm³/mol. The second kappa shape index (κ2) is 6.72. The van der Waals surface area contributed by atoms with Gasteiger partial charge in [0.05, 0.1) is 15.5 Å². The summed E-state index contributed by atoms with van der Waals surface area (Å²) in [6.45, 7) is 6.48. The fourth-order valence-electron chi connectivity index (χ4n) is 1.85. The van der Waals surface area contributed by atoms with E-state index in [2.05, 4.69) is 0 Å². The van der Waals surface area contributed by atoms with Gasteiger partial charge in [-0.2, -0.15) is 0 Å². The summed E-state index contributed by atoms with van der Waals surface area (Å²) in [6.07, 6.45) is 0. The topological polar surface area (TPSA) is 80.5 Å². The van der Waals surface area contributed by atoms with Gasteiger partial charge in [-0.05, 0) is 25.0 Å². The van der Waals surface area contributed by atoms with Crippen LogP contribution in [0.5, 0.6) is 0 Å². The van der Waals surface area contributed by atoms with E-state index in [4.69, 9.17) is 16.7 Å². The number of benzene rings is 1. The molecule has 0 spiro atoms. The first-order valence-corrected chi connectivity index (χ1v) is 8.31. The number of primary sulfonamides is 1. The maximum atomic E-state index is 13.7. The minimum Gasteiger partial charge on any atom is -0.339 e. The Morgan fingerprint density at radius 1 is 1.43 bits per heavy atom. The summed E-state index contributed by atoms with van der Waals surface area (Å²) in [5.41, 5.74) is -0.205. The third-order valence-corrected chi connectivity index (χ3v) is 4.09. The largest absolute Gasteiger partial charge is 0.339 e. The lowest BCUT2D eigenvalue weighted by molar-refractivity contribution is 0.0745. The van der Waals surface area contributed by atoms with Crippen LogP contribution < -0.4 is 5.14 Å². The normalized spacial score (nSPS) is 11.8. The molecule has 8 heteroatoms. The lowest BCUT2D eigenvalue weighted by Gasteiger charge is -2.23. The Morgan fingerprint density at radius 3 is 2.43 bits per heavy atom. The van der Waals surface area contributed by atoms with Crippen molar-refractivity contribution in [2.45, 2.75) is 25.7 Å². The Balaban J connectivity index is 3.35. The van der Waals surface area contributed by atoms with Gasteiger partial charge < -0.3 is 4.90 Å². The van der Waals surface area contributed by atoms with Gasteiger partial charge in [-0.1, -0.05) is 25.4 Å². The molecule has 1 aromatic rings. The van der Waals surface area contributed by atoms with Crippen molar-refractivity contribution in [2.24, 2.45) is 11.1 Å². The summed E-state index contributed by atoms with van der Waals surface area (Å²) in [4.78, 5) is 13.4. The number of halogens is 2. The van der Waals surface area contributed by atoms with Crippen molar-refractivity contribution in [1.82, 2.24) is 4.90 Å². The van der Waals surface area contributed by atoms with Crippen LogP contribution in [-0.4, -0.2) is 32.3 Å². The fourth-order valence-corrected chi connectivity index (χ4v) is 2.59. The van der Waals surface area contributed by atoms with Crippen LogP contribution in [0.1, 0.15) is 31.1 Å². The number of nitrogens with zero attached hydrogens (tertiary/aromatic N) is 1. The zero-order chi connectivity index (χ0) is 16.4. The maximum absolute atomic E-state index is 13.7. The number of hydrogen-bond donors (Lipinski definition) is 1. The minimum absolute atomic E-state index is 0.205. The lowest BCUT2D eigenvalue weighted by Crippen LogP contribution is -2.34. The zero-order valence-corrected chi connectivity index (χ0v) is 13.6. The number of carbonyl (C=O) groups is 1. The van der Waals surface area contributed by atoms with E-state index in [9.17, 15) is 17.6 Å². The molecule has 0 aliphatic carbocycles. The number of rotatable bonds is 5. The van der Waals surface area contributed by atoms with Gasteiger partial charge >= 0.3 is 0 Å².